The smallest absolute Gasteiger partial charge is 0.203 e. The average molecular weight is 390 g/mol. The number of guanidine groups is 1. The monoisotopic (exact) mass is 390 g/mol. The molecule has 0 unspecified atom stereocenters. The van der Waals surface area contributed by atoms with E-state index in [9.17, 15) is 0 Å². The molecule has 2 rings (SSSR count). The third-order valence-corrected chi connectivity index (χ3v) is 4.45. The summed E-state index contributed by atoms with van der Waals surface area (Å²) in [7, 11) is 6.53. The summed E-state index contributed by atoms with van der Waals surface area (Å²) in [5.41, 5.74) is 3.05. The lowest BCUT2D eigenvalue weighted by Crippen LogP contribution is -2.36. The first kappa shape index (κ1) is 21.4. The van der Waals surface area contributed by atoms with Crippen LogP contribution in [0.15, 0.2) is 21.6 Å². The van der Waals surface area contributed by atoms with Crippen LogP contribution < -0.4 is 24.8 Å². The molecule has 0 aliphatic carbocycles. The molecule has 1 aromatic heterocycles. The van der Waals surface area contributed by atoms with Crippen molar-refractivity contribution in [3.05, 3.63) is 34.7 Å². The van der Waals surface area contributed by atoms with Crippen LogP contribution in [-0.4, -0.2) is 39.5 Å². The molecule has 2 N–H and O–H groups in total. The zero-order valence-electron chi connectivity index (χ0n) is 17.5. The molecule has 8 heteroatoms. The van der Waals surface area contributed by atoms with Crippen LogP contribution in [0.5, 0.6) is 17.2 Å². The highest BCUT2D eigenvalue weighted by molar-refractivity contribution is 5.79. The van der Waals surface area contributed by atoms with Crippen molar-refractivity contribution in [2.75, 3.05) is 28.4 Å². The summed E-state index contributed by atoms with van der Waals surface area (Å²) in [6.07, 6.45) is 1.64. The molecular weight excluding hydrogens is 360 g/mol. The third kappa shape index (κ3) is 4.88. The number of ether oxygens (including phenoxy) is 3. The van der Waals surface area contributed by atoms with Crippen LogP contribution in [0.2, 0.25) is 0 Å². The number of nitrogens with zero attached hydrogens (tertiary/aromatic N) is 2. The summed E-state index contributed by atoms with van der Waals surface area (Å²) < 4.78 is 21.6. The summed E-state index contributed by atoms with van der Waals surface area (Å²) in [6, 6.07) is 3.82. The number of nitrogens with one attached hydrogen (secondary N) is 2. The minimum atomic E-state index is 0.543. The maximum absolute atomic E-state index is 5.41. The van der Waals surface area contributed by atoms with Gasteiger partial charge < -0.3 is 29.4 Å². The van der Waals surface area contributed by atoms with Crippen molar-refractivity contribution >= 4 is 5.96 Å². The molecule has 0 aliphatic rings. The van der Waals surface area contributed by atoms with E-state index in [0.29, 0.717) is 36.3 Å². The van der Waals surface area contributed by atoms with Crippen LogP contribution >= 0.6 is 0 Å². The fourth-order valence-electron chi connectivity index (χ4n) is 2.95. The van der Waals surface area contributed by atoms with E-state index in [-0.39, 0.29) is 0 Å². The van der Waals surface area contributed by atoms with Crippen LogP contribution in [0.25, 0.3) is 0 Å². The number of rotatable bonds is 9. The number of aryl methyl sites for hydroxylation is 2. The Labute approximate surface area is 166 Å². The van der Waals surface area contributed by atoms with Gasteiger partial charge in [0.05, 0.1) is 27.0 Å². The van der Waals surface area contributed by atoms with E-state index >= 15 is 0 Å². The summed E-state index contributed by atoms with van der Waals surface area (Å²) in [5, 5.41) is 10.8. The second kappa shape index (κ2) is 10.4. The van der Waals surface area contributed by atoms with Crippen molar-refractivity contribution in [1.29, 1.82) is 0 Å². The Balaban J connectivity index is 2.06. The Morgan fingerprint density at radius 1 is 1.00 bits per heavy atom. The average Bonchev–Trinajstić information content (AvgIpc) is 3.14. The minimum Gasteiger partial charge on any atom is -0.493 e. The summed E-state index contributed by atoms with van der Waals surface area (Å²) in [4.78, 5) is 4.29. The van der Waals surface area contributed by atoms with Gasteiger partial charge in [0, 0.05) is 32.1 Å². The van der Waals surface area contributed by atoms with Crippen LogP contribution in [0.1, 0.15) is 36.4 Å². The highest BCUT2D eigenvalue weighted by Crippen LogP contribution is 2.38. The molecule has 0 radical (unpaired) electrons. The Morgan fingerprint density at radius 3 is 2.14 bits per heavy atom. The molecule has 0 bridgehead atoms. The maximum Gasteiger partial charge on any atom is 0.203 e. The van der Waals surface area contributed by atoms with Gasteiger partial charge in [-0.2, -0.15) is 0 Å². The lowest BCUT2D eigenvalue weighted by molar-refractivity contribution is 0.323. The van der Waals surface area contributed by atoms with Gasteiger partial charge in [-0.3, -0.25) is 4.99 Å². The fraction of sp³-hybridized carbons (Fsp3) is 0.500. The second-order valence-corrected chi connectivity index (χ2v) is 6.05. The lowest BCUT2D eigenvalue weighted by Gasteiger charge is -2.16. The standard InChI is InChI=1S/C20H30N4O4/c1-7-15-14(16(8-2)28-24-15)12-23-20(21-3)22-11-13-9-17(25-4)19(27-6)18(10-13)26-5/h9-10H,7-8,11-12H2,1-6H3,(H2,21,22,23). The molecule has 0 saturated heterocycles. The van der Waals surface area contributed by atoms with Gasteiger partial charge >= 0.3 is 0 Å². The summed E-state index contributed by atoms with van der Waals surface area (Å²) >= 11 is 0. The molecule has 1 aromatic carbocycles. The van der Waals surface area contributed by atoms with E-state index < -0.39 is 0 Å². The van der Waals surface area contributed by atoms with Crippen LogP contribution in [0.3, 0.4) is 0 Å². The number of aromatic nitrogens is 1. The van der Waals surface area contributed by atoms with E-state index in [1.54, 1.807) is 28.4 Å². The van der Waals surface area contributed by atoms with Gasteiger partial charge in [-0.15, -0.1) is 0 Å². The normalized spacial score (nSPS) is 11.3. The first-order valence-corrected chi connectivity index (χ1v) is 9.31. The highest BCUT2D eigenvalue weighted by atomic mass is 16.5. The van der Waals surface area contributed by atoms with Crippen molar-refractivity contribution in [2.45, 2.75) is 39.8 Å². The molecule has 0 fully saturated rings. The van der Waals surface area contributed by atoms with Crippen molar-refractivity contribution < 1.29 is 18.7 Å². The van der Waals surface area contributed by atoms with Crippen molar-refractivity contribution in [1.82, 2.24) is 15.8 Å². The molecule has 28 heavy (non-hydrogen) atoms. The number of hydrogen-bond acceptors (Lipinski definition) is 6. The van der Waals surface area contributed by atoms with E-state index in [0.717, 1.165) is 35.4 Å². The van der Waals surface area contributed by atoms with E-state index in [4.69, 9.17) is 18.7 Å². The predicted octanol–water partition coefficient (Wildman–Crippen LogP) is 2.69. The summed E-state index contributed by atoms with van der Waals surface area (Å²) in [6.45, 7) is 5.27. The maximum atomic E-state index is 5.41. The van der Waals surface area contributed by atoms with Gasteiger partial charge in [-0.25, -0.2) is 0 Å². The van der Waals surface area contributed by atoms with Gasteiger partial charge in [0.15, 0.2) is 17.5 Å². The SMILES string of the molecule is CCc1noc(CC)c1CNC(=NC)NCc1cc(OC)c(OC)c(OC)c1. The molecule has 0 atom stereocenters. The Morgan fingerprint density at radius 2 is 1.64 bits per heavy atom. The number of methoxy groups -OCH3 is 3. The van der Waals surface area contributed by atoms with Gasteiger partial charge in [0.25, 0.3) is 0 Å². The second-order valence-electron chi connectivity index (χ2n) is 6.05. The first-order chi connectivity index (χ1) is 13.6. The Bertz CT molecular complexity index is 755. The van der Waals surface area contributed by atoms with Gasteiger partial charge in [-0.05, 0) is 24.1 Å². The highest BCUT2D eigenvalue weighted by Gasteiger charge is 2.15. The van der Waals surface area contributed by atoms with Crippen LogP contribution in [0, 0.1) is 0 Å². The minimum absolute atomic E-state index is 0.543. The zero-order chi connectivity index (χ0) is 20.5. The van der Waals surface area contributed by atoms with Gasteiger partial charge in [-0.1, -0.05) is 19.0 Å². The zero-order valence-corrected chi connectivity index (χ0v) is 17.5. The number of aliphatic imine (C=N–C) groups is 1. The number of benzene rings is 1. The topological polar surface area (TPSA) is 90.1 Å². The molecule has 0 amide bonds. The van der Waals surface area contributed by atoms with E-state index in [1.165, 1.54) is 0 Å². The molecule has 8 nitrogen and oxygen atoms in total. The first-order valence-electron chi connectivity index (χ1n) is 9.31. The van der Waals surface area contributed by atoms with Crippen molar-refractivity contribution in [3.8, 4) is 17.2 Å². The molecule has 154 valence electrons. The number of hydrogen-bond donors (Lipinski definition) is 2. The molecule has 0 saturated carbocycles. The molecule has 0 spiro atoms. The van der Waals surface area contributed by atoms with Gasteiger partial charge in [0.2, 0.25) is 5.75 Å². The quantitative estimate of drug-likeness (QED) is 0.502. The van der Waals surface area contributed by atoms with Crippen molar-refractivity contribution in [3.63, 3.8) is 0 Å². The van der Waals surface area contributed by atoms with Crippen molar-refractivity contribution in [2.24, 2.45) is 4.99 Å². The molecule has 1 heterocycles. The van der Waals surface area contributed by atoms with Crippen LogP contribution in [0.4, 0.5) is 0 Å². The fourth-order valence-corrected chi connectivity index (χ4v) is 2.95. The molecular formula is C20H30N4O4. The third-order valence-electron chi connectivity index (χ3n) is 4.45. The van der Waals surface area contributed by atoms with Gasteiger partial charge in [0.1, 0.15) is 5.76 Å². The predicted molar refractivity (Wildman–Crippen MR) is 108 cm³/mol. The Kier molecular flexibility index (Phi) is 7.98. The summed E-state index contributed by atoms with van der Waals surface area (Å²) in [5.74, 6) is 3.39. The molecule has 0 aliphatic heterocycles. The van der Waals surface area contributed by atoms with Crippen LogP contribution in [-0.2, 0) is 25.9 Å². The van der Waals surface area contributed by atoms with E-state index in [2.05, 4.69) is 34.6 Å². The Hall–Kier alpha value is -2.90. The lowest BCUT2D eigenvalue weighted by atomic mass is 10.1. The largest absolute Gasteiger partial charge is 0.493 e. The van der Waals surface area contributed by atoms with E-state index in [1.807, 2.05) is 12.1 Å². The molecule has 2 aromatic rings.